The largest absolute Gasteiger partial charge is 0.337 e. The van der Waals surface area contributed by atoms with Gasteiger partial charge in [-0.15, -0.1) is 0 Å². The highest BCUT2D eigenvalue weighted by atomic mass is 79.9. The molecule has 5 nitrogen and oxygen atoms in total. The number of aryl methyl sites for hydroxylation is 2. The monoisotopic (exact) mass is 392 g/mol. The maximum absolute atomic E-state index is 13.2. The minimum atomic E-state index is 0.0754. The highest BCUT2D eigenvalue weighted by Crippen LogP contribution is 2.25. The summed E-state index contributed by atoms with van der Waals surface area (Å²) in [5, 5.41) is 0. The molecule has 0 aromatic carbocycles. The zero-order chi connectivity index (χ0) is 17.4. The van der Waals surface area contributed by atoms with E-state index in [-0.39, 0.29) is 5.91 Å². The zero-order valence-corrected chi connectivity index (χ0v) is 16.4. The number of rotatable bonds is 3. The second kappa shape index (κ2) is 6.84. The molecule has 0 N–H and O–H groups in total. The number of imidazole rings is 1. The Hall–Kier alpha value is -1.40. The maximum Gasteiger partial charge on any atom is 0.272 e. The van der Waals surface area contributed by atoms with E-state index in [9.17, 15) is 4.79 Å². The van der Waals surface area contributed by atoms with E-state index in [1.165, 1.54) is 0 Å². The first-order valence-electron chi connectivity index (χ1n) is 8.55. The van der Waals surface area contributed by atoms with Crippen LogP contribution in [-0.4, -0.2) is 58.3 Å². The van der Waals surface area contributed by atoms with Gasteiger partial charge in [0.15, 0.2) is 5.65 Å². The van der Waals surface area contributed by atoms with E-state index in [2.05, 4.69) is 34.8 Å². The molecule has 2 aromatic heterocycles. The van der Waals surface area contributed by atoms with Crippen molar-refractivity contribution in [1.29, 1.82) is 0 Å². The molecule has 0 unspecified atom stereocenters. The van der Waals surface area contributed by atoms with E-state index < -0.39 is 0 Å². The number of hydrogen-bond donors (Lipinski definition) is 0. The number of nitrogens with zero attached hydrogens (tertiary/aromatic N) is 4. The Morgan fingerprint density at radius 2 is 2.08 bits per heavy atom. The van der Waals surface area contributed by atoms with Crippen LogP contribution in [0.2, 0.25) is 0 Å². The van der Waals surface area contributed by atoms with Crippen LogP contribution in [0.25, 0.3) is 5.65 Å². The number of hydrogen-bond acceptors (Lipinski definition) is 3. The van der Waals surface area contributed by atoms with E-state index in [1.54, 1.807) is 0 Å². The summed E-state index contributed by atoms with van der Waals surface area (Å²) < 4.78 is 2.88. The Morgan fingerprint density at radius 1 is 1.42 bits per heavy atom. The van der Waals surface area contributed by atoms with Gasteiger partial charge in [0.25, 0.3) is 5.91 Å². The number of aromatic nitrogens is 2. The van der Waals surface area contributed by atoms with Gasteiger partial charge in [-0.1, -0.05) is 6.92 Å². The molecule has 1 amide bonds. The molecule has 130 valence electrons. The van der Waals surface area contributed by atoms with Gasteiger partial charge < -0.3 is 9.80 Å². The predicted molar refractivity (Wildman–Crippen MR) is 99.6 cm³/mol. The van der Waals surface area contributed by atoms with E-state index in [0.717, 1.165) is 53.7 Å². The normalized spacial score (nSPS) is 16.7. The first kappa shape index (κ1) is 17.4. The molecule has 0 atom stereocenters. The van der Waals surface area contributed by atoms with E-state index in [4.69, 9.17) is 4.98 Å². The zero-order valence-electron chi connectivity index (χ0n) is 14.8. The van der Waals surface area contributed by atoms with Crippen LogP contribution < -0.4 is 0 Å². The van der Waals surface area contributed by atoms with Crippen molar-refractivity contribution in [3.05, 3.63) is 33.7 Å². The lowest BCUT2D eigenvalue weighted by Crippen LogP contribution is -2.45. The standard InChI is InChI=1S/C18H25BrN4O/c1-5-15-16(23-11-12(2)10-14(19)17(23)20-15)18(24)22(4)13-6-8-21(3)9-7-13/h10-11,13H,5-9H2,1-4H3. The predicted octanol–water partition coefficient (Wildman–Crippen LogP) is 3.13. The Morgan fingerprint density at radius 3 is 2.71 bits per heavy atom. The average Bonchev–Trinajstić information content (AvgIpc) is 2.93. The van der Waals surface area contributed by atoms with Crippen LogP contribution >= 0.6 is 15.9 Å². The lowest BCUT2D eigenvalue weighted by molar-refractivity contribution is 0.0651. The average molecular weight is 393 g/mol. The molecule has 0 saturated carbocycles. The molecule has 0 radical (unpaired) electrons. The number of piperidine rings is 1. The summed E-state index contributed by atoms with van der Waals surface area (Å²) in [6, 6.07) is 2.34. The topological polar surface area (TPSA) is 40.9 Å². The number of fused-ring (bicyclic) bond motifs is 1. The molecule has 0 aliphatic carbocycles. The number of carbonyl (C=O) groups excluding carboxylic acids is 1. The highest BCUT2D eigenvalue weighted by Gasteiger charge is 2.28. The fourth-order valence-electron chi connectivity index (χ4n) is 3.47. The van der Waals surface area contributed by atoms with Crippen LogP contribution in [0.15, 0.2) is 16.7 Å². The molecule has 0 spiro atoms. The Labute approximate surface area is 151 Å². The minimum absolute atomic E-state index is 0.0754. The van der Waals surface area contributed by atoms with Crippen molar-refractivity contribution in [2.75, 3.05) is 27.2 Å². The highest BCUT2D eigenvalue weighted by molar-refractivity contribution is 9.10. The van der Waals surface area contributed by atoms with Crippen LogP contribution in [0.5, 0.6) is 0 Å². The molecule has 3 heterocycles. The van der Waals surface area contributed by atoms with Crippen molar-refractivity contribution >= 4 is 27.5 Å². The molecule has 1 aliphatic heterocycles. The summed E-state index contributed by atoms with van der Waals surface area (Å²) in [4.78, 5) is 22.2. The second-order valence-electron chi connectivity index (χ2n) is 6.77. The van der Waals surface area contributed by atoms with Crippen molar-refractivity contribution in [3.63, 3.8) is 0 Å². The van der Waals surface area contributed by atoms with Gasteiger partial charge in [0.2, 0.25) is 0 Å². The third-order valence-electron chi connectivity index (χ3n) is 4.98. The maximum atomic E-state index is 13.2. The van der Waals surface area contributed by atoms with Crippen LogP contribution in [0.3, 0.4) is 0 Å². The molecule has 24 heavy (non-hydrogen) atoms. The molecule has 6 heteroatoms. The summed E-state index contributed by atoms with van der Waals surface area (Å²) in [7, 11) is 4.07. The lowest BCUT2D eigenvalue weighted by Gasteiger charge is -2.35. The number of likely N-dealkylation sites (tertiary alicyclic amines) is 1. The van der Waals surface area contributed by atoms with Crippen LogP contribution in [0.4, 0.5) is 0 Å². The van der Waals surface area contributed by atoms with Crippen LogP contribution in [-0.2, 0) is 6.42 Å². The molecular weight excluding hydrogens is 368 g/mol. The molecule has 1 aliphatic rings. The smallest absolute Gasteiger partial charge is 0.272 e. The summed E-state index contributed by atoms with van der Waals surface area (Å²) >= 11 is 3.58. The van der Waals surface area contributed by atoms with Crippen molar-refractivity contribution in [2.24, 2.45) is 0 Å². The lowest BCUT2D eigenvalue weighted by atomic mass is 10.0. The van der Waals surface area contributed by atoms with Gasteiger partial charge >= 0.3 is 0 Å². The Kier molecular flexibility index (Phi) is 4.97. The summed E-state index contributed by atoms with van der Waals surface area (Å²) in [5.41, 5.74) is 3.49. The van der Waals surface area contributed by atoms with Crippen molar-refractivity contribution in [1.82, 2.24) is 19.2 Å². The third-order valence-corrected chi connectivity index (χ3v) is 5.56. The van der Waals surface area contributed by atoms with Crippen molar-refractivity contribution < 1.29 is 4.79 Å². The van der Waals surface area contributed by atoms with Crippen LogP contribution in [0, 0.1) is 6.92 Å². The molecule has 1 fully saturated rings. The van der Waals surface area contributed by atoms with E-state index >= 15 is 0 Å². The van der Waals surface area contributed by atoms with Gasteiger partial charge in [0, 0.05) is 19.3 Å². The van der Waals surface area contributed by atoms with Crippen LogP contribution in [0.1, 0.15) is 41.5 Å². The Balaban J connectivity index is 1.99. The Bertz CT molecular complexity index is 762. The van der Waals surface area contributed by atoms with Gasteiger partial charge in [-0.3, -0.25) is 9.20 Å². The second-order valence-corrected chi connectivity index (χ2v) is 7.62. The van der Waals surface area contributed by atoms with Gasteiger partial charge in [-0.25, -0.2) is 4.98 Å². The molecule has 2 aromatic rings. The van der Waals surface area contributed by atoms with Gasteiger partial charge in [-0.2, -0.15) is 0 Å². The van der Waals surface area contributed by atoms with Crippen molar-refractivity contribution in [3.8, 4) is 0 Å². The summed E-state index contributed by atoms with van der Waals surface area (Å²) in [6.07, 6.45) is 4.80. The number of amides is 1. The number of halogens is 1. The van der Waals surface area contributed by atoms with Gasteiger partial charge in [-0.05, 0) is 73.9 Å². The minimum Gasteiger partial charge on any atom is -0.337 e. The van der Waals surface area contributed by atoms with E-state index in [0.29, 0.717) is 11.7 Å². The SMILES string of the molecule is CCc1nc2c(Br)cc(C)cn2c1C(=O)N(C)C1CCN(C)CC1. The first-order valence-corrected chi connectivity index (χ1v) is 9.34. The first-order chi connectivity index (χ1) is 11.4. The number of carbonyl (C=O) groups is 1. The summed E-state index contributed by atoms with van der Waals surface area (Å²) in [5.74, 6) is 0.0754. The fourth-order valence-corrected chi connectivity index (χ4v) is 4.11. The fraction of sp³-hybridized carbons (Fsp3) is 0.556. The number of pyridine rings is 1. The van der Waals surface area contributed by atoms with Gasteiger partial charge in [0.05, 0.1) is 10.2 Å². The van der Waals surface area contributed by atoms with E-state index in [1.807, 2.05) is 35.5 Å². The summed E-state index contributed by atoms with van der Waals surface area (Å²) in [6.45, 7) is 6.17. The molecular formula is C18H25BrN4O. The molecule has 0 bridgehead atoms. The quantitative estimate of drug-likeness (QED) is 0.805. The third kappa shape index (κ3) is 3.09. The molecule has 1 saturated heterocycles. The van der Waals surface area contributed by atoms with Crippen molar-refractivity contribution in [2.45, 2.75) is 39.2 Å². The van der Waals surface area contributed by atoms with Gasteiger partial charge in [0.1, 0.15) is 5.69 Å². The molecule has 3 rings (SSSR count).